The van der Waals surface area contributed by atoms with Crippen LogP contribution >= 0.6 is 27.5 Å². The quantitative estimate of drug-likeness (QED) is 0.586. The summed E-state index contributed by atoms with van der Waals surface area (Å²) < 4.78 is 6.85. The van der Waals surface area contributed by atoms with E-state index in [1.54, 1.807) is 0 Å². The van der Waals surface area contributed by atoms with Crippen molar-refractivity contribution in [1.29, 1.82) is 0 Å². The molecule has 21 heavy (non-hydrogen) atoms. The third kappa shape index (κ3) is 3.36. The molecule has 0 amide bonds. The van der Waals surface area contributed by atoms with Gasteiger partial charge in [0.1, 0.15) is 6.61 Å². The predicted molar refractivity (Wildman–Crippen MR) is 89.8 cm³/mol. The molecule has 0 radical (unpaired) electrons. The van der Waals surface area contributed by atoms with Crippen LogP contribution in [0.3, 0.4) is 0 Å². The van der Waals surface area contributed by atoms with Gasteiger partial charge < -0.3 is 4.74 Å². The van der Waals surface area contributed by atoms with Gasteiger partial charge in [0.15, 0.2) is 0 Å². The molecule has 1 aromatic heterocycles. The summed E-state index contributed by atoms with van der Waals surface area (Å²) in [5.41, 5.74) is 3.03. The monoisotopic (exact) mass is 361 g/mol. The fourth-order valence-corrected chi connectivity index (χ4v) is 2.86. The standard InChI is InChI=1S/C17H13BrClNO/c18-14-5-3-4-12(8-14)11-21-17-9-13(10-19)15-6-1-2-7-16(15)20-17/h1-9H,10-11H2. The third-order valence-electron chi connectivity index (χ3n) is 3.20. The lowest BCUT2D eigenvalue weighted by Crippen LogP contribution is -1.98. The Morgan fingerprint density at radius 1 is 1.05 bits per heavy atom. The van der Waals surface area contributed by atoms with Crippen LogP contribution in [-0.2, 0) is 12.5 Å². The molecule has 0 N–H and O–H groups in total. The Morgan fingerprint density at radius 3 is 2.71 bits per heavy atom. The normalized spacial score (nSPS) is 10.8. The van der Waals surface area contributed by atoms with Gasteiger partial charge in [-0.15, -0.1) is 11.6 Å². The van der Waals surface area contributed by atoms with Crippen LogP contribution in [0.2, 0.25) is 0 Å². The van der Waals surface area contributed by atoms with E-state index >= 15 is 0 Å². The largest absolute Gasteiger partial charge is 0.473 e. The number of ether oxygens (including phenoxy) is 1. The van der Waals surface area contributed by atoms with Gasteiger partial charge in [0.25, 0.3) is 0 Å². The lowest BCUT2D eigenvalue weighted by Gasteiger charge is -2.09. The van der Waals surface area contributed by atoms with Crippen LogP contribution in [0.4, 0.5) is 0 Å². The number of benzene rings is 2. The molecule has 0 fully saturated rings. The zero-order valence-corrected chi connectivity index (χ0v) is 13.6. The minimum absolute atomic E-state index is 0.441. The predicted octanol–water partition coefficient (Wildman–Crippen LogP) is 5.32. The first kappa shape index (κ1) is 14.4. The van der Waals surface area contributed by atoms with E-state index < -0.39 is 0 Å². The minimum atomic E-state index is 0.441. The summed E-state index contributed by atoms with van der Waals surface area (Å²) in [6.07, 6.45) is 0. The van der Waals surface area contributed by atoms with Crippen molar-refractivity contribution in [3.63, 3.8) is 0 Å². The van der Waals surface area contributed by atoms with Crippen LogP contribution in [-0.4, -0.2) is 4.98 Å². The number of pyridine rings is 1. The number of halogens is 2. The molecule has 0 spiro atoms. The zero-order chi connectivity index (χ0) is 14.7. The van der Waals surface area contributed by atoms with Crippen molar-refractivity contribution in [2.45, 2.75) is 12.5 Å². The lowest BCUT2D eigenvalue weighted by atomic mass is 10.1. The Labute approximate surface area is 136 Å². The summed E-state index contributed by atoms with van der Waals surface area (Å²) in [6.45, 7) is 0.479. The Bertz CT molecular complexity index is 776. The smallest absolute Gasteiger partial charge is 0.214 e. The van der Waals surface area contributed by atoms with E-state index in [2.05, 4.69) is 20.9 Å². The van der Waals surface area contributed by atoms with E-state index in [0.29, 0.717) is 18.4 Å². The number of rotatable bonds is 4. The summed E-state index contributed by atoms with van der Waals surface area (Å²) in [6, 6.07) is 17.9. The van der Waals surface area contributed by atoms with Crippen LogP contribution in [0.25, 0.3) is 10.9 Å². The second-order valence-corrected chi connectivity index (χ2v) is 5.87. The third-order valence-corrected chi connectivity index (χ3v) is 3.98. The van der Waals surface area contributed by atoms with Gasteiger partial charge in [0.05, 0.1) is 5.52 Å². The van der Waals surface area contributed by atoms with Crippen LogP contribution in [0.5, 0.6) is 5.88 Å². The van der Waals surface area contributed by atoms with Crippen molar-refractivity contribution < 1.29 is 4.74 Å². The van der Waals surface area contributed by atoms with E-state index in [0.717, 1.165) is 26.5 Å². The van der Waals surface area contributed by atoms with E-state index in [1.807, 2.05) is 54.6 Å². The number of aromatic nitrogens is 1. The van der Waals surface area contributed by atoms with Crippen LogP contribution < -0.4 is 4.74 Å². The molecule has 0 aliphatic carbocycles. The molecule has 0 saturated heterocycles. The number of fused-ring (bicyclic) bond motifs is 1. The topological polar surface area (TPSA) is 22.1 Å². The van der Waals surface area contributed by atoms with Crippen molar-refractivity contribution in [3.8, 4) is 5.88 Å². The summed E-state index contributed by atoms with van der Waals surface area (Å²) >= 11 is 9.48. The maximum Gasteiger partial charge on any atom is 0.214 e. The number of nitrogens with zero attached hydrogens (tertiary/aromatic N) is 1. The molecule has 0 atom stereocenters. The molecular weight excluding hydrogens is 350 g/mol. The minimum Gasteiger partial charge on any atom is -0.473 e. The summed E-state index contributed by atoms with van der Waals surface area (Å²) in [5, 5.41) is 1.07. The van der Waals surface area contributed by atoms with Crippen molar-refractivity contribution in [2.75, 3.05) is 0 Å². The maximum atomic E-state index is 6.03. The highest BCUT2D eigenvalue weighted by molar-refractivity contribution is 9.10. The van der Waals surface area contributed by atoms with Gasteiger partial charge in [0, 0.05) is 21.8 Å². The molecule has 0 unspecified atom stereocenters. The molecule has 1 heterocycles. The number of para-hydroxylation sites is 1. The molecule has 0 aliphatic rings. The first-order valence-electron chi connectivity index (χ1n) is 6.58. The van der Waals surface area contributed by atoms with Gasteiger partial charge in [-0.1, -0.05) is 46.3 Å². The molecule has 0 aliphatic heterocycles. The number of hydrogen-bond donors (Lipinski definition) is 0. The van der Waals surface area contributed by atoms with Crippen LogP contribution in [0.15, 0.2) is 59.1 Å². The van der Waals surface area contributed by atoms with E-state index in [9.17, 15) is 0 Å². The van der Waals surface area contributed by atoms with E-state index in [1.165, 1.54) is 0 Å². The number of hydrogen-bond acceptors (Lipinski definition) is 2. The van der Waals surface area contributed by atoms with Crippen molar-refractivity contribution in [3.05, 3.63) is 70.2 Å². The highest BCUT2D eigenvalue weighted by Gasteiger charge is 2.06. The number of alkyl halides is 1. The van der Waals surface area contributed by atoms with E-state index in [-0.39, 0.29) is 0 Å². The molecule has 3 rings (SSSR count). The Kier molecular flexibility index (Phi) is 4.42. The van der Waals surface area contributed by atoms with Crippen molar-refractivity contribution in [2.24, 2.45) is 0 Å². The average Bonchev–Trinajstić information content (AvgIpc) is 2.52. The van der Waals surface area contributed by atoms with Crippen molar-refractivity contribution >= 4 is 38.4 Å². The second kappa shape index (κ2) is 6.46. The highest BCUT2D eigenvalue weighted by Crippen LogP contribution is 2.24. The van der Waals surface area contributed by atoms with Crippen molar-refractivity contribution in [1.82, 2.24) is 4.98 Å². The molecule has 2 nitrogen and oxygen atoms in total. The fraction of sp³-hybridized carbons (Fsp3) is 0.118. The van der Waals surface area contributed by atoms with Gasteiger partial charge in [-0.3, -0.25) is 0 Å². The SMILES string of the molecule is ClCc1cc(OCc2cccc(Br)c2)nc2ccccc12. The molecule has 4 heteroatoms. The fourth-order valence-electron chi connectivity index (χ4n) is 2.19. The lowest BCUT2D eigenvalue weighted by molar-refractivity contribution is 0.295. The summed E-state index contributed by atoms with van der Waals surface area (Å²) in [4.78, 5) is 4.53. The second-order valence-electron chi connectivity index (χ2n) is 4.69. The van der Waals surface area contributed by atoms with Gasteiger partial charge >= 0.3 is 0 Å². The van der Waals surface area contributed by atoms with Gasteiger partial charge in [-0.05, 0) is 29.3 Å². The Balaban J connectivity index is 1.87. The summed E-state index contributed by atoms with van der Waals surface area (Å²) in [5.74, 6) is 1.04. The summed E-state index contributed by atoms with van der Waals surface area (Å²) in [7, 11) is 0. The zero-order valence-electron chi connectivity index (χ0n) is 11.2. The Hall–Kier alpha value is -1.58. The molecule has 3 aromatic rings. The highest BCUT2D eigenvalue weighted by atomic mass is 79.9. The van der Waals surface area contributed by atoms with Crippen LogP contribution in [0, 0.1) is 0 Å². The van der Waals surface area contributed by atoms with Crippen LogP contribution in [0.1, 0.15) is 11.1 Å². The first-order chi connectivity index (χ1) is 10.3. The maximum absolute atomic E-state index is 6.03. The van der Waals surface area contributed by atoms with E-state index in [4.69, 9.17) is 16.3 Å². The molecule has 0 bridgehead atoms. The average molecular weight is 363 g/mol. The molecule has 0 saturated carbocycles. The van der Waals surface area contributed by atoms with Gasteiger partial charge in [-0.25, -0.2) is 4.98 Å². The molecule has 2 aromatic carbocycles. The van der Waals surface area contributed by atoms with Gasteiger partial charge in [-0.2, -0.15) is 0 Å². The molecule has 106 valence electrons. The van der Waals surface area contributed by atoms with Gasteiger partial charge in [0.2, 0.25) is 5.88 Å². The Morgan fingerprint density at radius 2 is 1.90 bits per heavy atom. The first-order valence-corrected chi connectivity index (χ1v) is 7.91. The molecular formula is C17H13BrClNO.